The lowest BCUT2D eigenvalue weighted by Gasteiger charge is -2.33. The van der Waals surface area contributed by atoms with Gasteiger partial charge in [0, 0.05) is 18.2 Å². The molecule has 4 aromatic rings. The predicted octanol–water partition coefficient (Wildman–Crippen LogP) is 5.28. The van der Waals surface area contributed by atoms with Gasteiger partial charge in [-0.3, -0.25) is 19.3 Å². The highest BCUT2D eigenvalue weighted by atomic mass is 16.5. The summed E-state index contributed by atoms with van der Waals surface area (Å²) < 4.78 is 5.26. The smallest absolute Gasteiger partial charge is 0.338 e. The van der Waals surface area contributed by atoms with Crippen LogP contribution in [0.15, 0.2) is 109 Å². The average molecular weight is 602 g/mol. The van der Waals surface area contributed by atoms with E-state index in [1.54, 1.807) is 24.3 Å². The van der Waals surface area contributed by atoms with Crippen molar-refractivity contribution in [3.8, 4) is 11.1 Å². The number of esters is 1. The van der Waals surface area contributed by atoms with E-state index in [1.807, 2.05) is 60.7 Å². The molecular formula is C37H35N3O5. The van der Waals surface area contributed by atoms with Crippen LogP contribution in [0.1, 0.15) is 45.5 Å². The largest absolute Gasteiger partial charge is 0.454 e. The van der Waals surface area contributed by atoms with Crippen LogP contribution in [0.3, 0.4) is 0 Å². The molecule has 2 amide bonds. The van der Waals surface area contributed by atoms with Crippen molar-refractivity contribution in [2.24, 2.45) is 0 Å². The molecule has 6 rings (SSSR count). The number of hydrogen-bond acceptors (Lipinski definition) is 7. The van der Waals surface area contributed by atoms with Gasteiger partial charge in [-0.15, -0.1) is 0 Å². The fourth-order valence-corrected chi connectivity index (χ4v) is 5.94. The summed E-state index contributed by atoms with van der Waals surface area (Å²) in [6.45, 7) is 2.36. The van der Waals surface area contributed by atoms with E-state index in [9.17, 15) is 19.2 Å². The summed E-state index contributed by atoms with van der Waals surface area (Å²) in [5.74, 6) is -1.54. The standard InChI is InChI=1S/C37H35N3O5/c41-34(29-13-11-28(12-14-29)27-9-5-2-6-10-27)25-45-37(44)30-15-17-32(18-16-30)40-35(42)23-33(36(40)43)38-31-19-21-39(22-20-31)24-26-7-3-1-4-8-26/h1-18,31,33,38H,19-25H2. The number of likely N-dealkylation sites (tertiary alicyclic amines) is 1. The highest BCUT2D eigenvalue weighted by Crippen LogP contribution is 2.25. The van der Waals surface area contributed by atoms with Crippen molar-refractivity contribution in [1.82, 2.24) is 10.2 Å². The Kier molecular flexibility index (Phi) is 9.24. The lowest BCUT2D eigenvalue weighted by Crippen LogP contribution is -2.48. The Labute approximate surface area is 262 Å². The Morgan fingerprint density at radius 2 is 1.33 bits per heavy atom. The lowest BCUT2D eigenvalue weighted by atomic mass is 10.0. The highest BCUT2D eigenvalue weighted by molar-refractivity contribution is 6.22. The van der Waals surface area contributed by atoms with E-state index in [0.717, 1.165) is 43.6 Å². The van der Waals surface area contributed by atoms with E-state index < -0.39 is 18.6 Å². The summed E-state index contributed by atoms with van der Waals surface area (Å²) in [6.07, 6.45) is 1.91. The van der Waals surface area contributed by atoms with Gasteiger partial charge in [0.25, 0.3) is 5.91 Å². The zero-order chi connectivity index (χ0) is 31.2. The third kappa shape index (κ3) is 7.25. The van der Waals surface area contributed by atoms with Crippen molar-refractivity contribution in [1.29, 1.82) is 0 Å². The predicted molar refractivity (Wildman–Crippen MR) is 172 cm³/mol. The fourth-order valence-electron chi connectivity index (χ4n) is 5.94. The zero-order valence-electron chi connectivity index (χ0n) is 24.9. The molecule has 1 atom stereocenters. The lowest BCUT2D eigenvalue weighted by molar-refractivity contribution is -0.121. The summed E-state index contributed by atoms with van der Waals surface area (Å²) in [7, 11) is 0. The number of benzene rings is 4. The molecule has 4 aromatic carbocycles. The van der Waals surface area contributed by atoms with Crippen molar-refractivity contribution in [3.05, 3.63) is 126 Å². The number of nitrogens with zero attached hydrogens (tertiary/aromatic N) is 2. The molecule has 2 heterocycles. The van der Waals surface area contributed by atoms with Crippen LogP contribution in [-0.4, -0.2) is 60.2 Å². The van der Waals surface area contributed by atoms with Crippen LogP contribution < -0.4 is 10.2 Å². The molecule has 0 aliphatic carbocycles. The van der Waals surface area contributed by atoms with Gasteiger partial charge < -0.3 is 10.1 Å². The molecule has 0 bridgehead atoms. The van der Waals surface area contributed by atoms with Gasteiger partial charge in [-0.25, -0.2) is 9.69 Å². The fraction of sp³-hybridized carbons (Fsp3) is 0.243. The molecular weight excluding hydrogens is 566 g/mol. The van der Waals surface area contributed by atoms with E-state index in [1.165, 1.54) is 22.6 Å². The van der Waals surface area contributed by atoms with Crippen molar-refractivity contribution in [3.63, 3.8) is 0 Å². The molecule has 2 saturated heterocycles. The molecule has 228 valence electrons. The number of nitrogens with one attached hydrogen (secondary N) is 1. The molecule has 45 heavy (non-hydrogen) atoms. The van der Waals surface area contributed by atoms with Gasteiger partial charge in [0.15, 0.2) is 12.4 Å². The Balaban J connectivity index is 0.981. The van der Waals surface area contributed by atoms with E-state index in [0.29, 0.717) is 11.3 Å². The van der Waals surface area contributed by atoms with Gasteiger partial charge in [-0.1, -0.05) is 84.9 Å². The molecule has 0 spiro atoms. The van der Waals surface area contributed by atoms with Crippen molar-refractivity contribution in [2.75, 3.05) is 24.6 Å². The minimum Gasteiger partial charge on any atom is -0.454 e. The molecule has 0 radical (unpaired) electrons. The van der Waals surface area contributed by atoms with E-state index in [-0.39, 0.29) is 35.6 Å². The molecule has 1 N–H and O–H groups in total. The van der Waals surface area contributed by atoms with Crippen molar-refractivity contribution in [2.45, 2.75) is 37.9 Å². The minimum absolute atomic E-state index is 0.0985. The summed E-state index contributed by atoms with van der Waals surface area (Å²) in [4.78, 5) is 54.9. The molecule has 0 saturated carbocycles. The van der Waals surface area contributed by atoms with Crippen molar-refractivity contribution < 1.29 is 23.9 Å². The third-order valence-corrected chi connectivity index (χ3v) is 8.43. The van der Waals surface area contributed by atoms with Crippen LogP contribution in [0.4, 0.5) is 5.69 Å². The van der Waals surface area contributed by atoms with Gasteiger partial charge in [0.2, 0.25) is 5.91 Å². The number of ketones is 1. The number of imide groups is 1. The topological polar surface area (TPSA) is 96.0 Å². The first-order valence-electron chi connectivity index (χ1n) is 15.3. The number of Topliss-reactive ketones (excluding diaryl/α,β-unsaturated/α-hetero) is 1. The summed E-state index contributed by atoms with van der Waals surface area (Å²) in [6, 6.07) is 33.1. The Morgan fingerprint density at radius 1 is 0.733 bits per heavy atom. The second kappa shape index (κ2) is 13.8. The maximum Gasteiger partial charge on any atom is 0.338 e. The first-order valence-corrected chi connectivity index (χ1v) is 15.3. The van der Waals surface area contributed by atoms with Crippen LogP contribution in [0, 0.1) is 0 Å². The molecule has 0 aromatic heterocycles. The van der Waals surface area contributed by atoms with Crippen molar-refractivity contribution >= 4 is 29.3 Å². The van der Waals surface area contributed by atoms with Gasteiger partial charge in [0.05, 0.1) is 23.7 Å². The van der Waals surface area contributed by atoms with E-state index >= 15 is 0 Å². The number of anilines is 1. The monoisotopic (exact) mass is 601 g/mol. The number of piperidine rings is 1. The Hall–Kier alpha value is -4.92. The third-order valence-electron chi connectivity index (χ3n) is 8.43. The zero-order valence-corrected chi connectivity index (χ0v) is 24.9. The number of carbonyl (C=O) groups is 4. The number of carbonyl (C=O) groups excluding carboxylic acids is 4. The Bertz CT molecular complexity index is 1650. The van der Waals surface area contributed by atoms with Crippen LogP contribution in [0.2, 0.25) is 0 Å². The SMILES string of the molecule is O=C(COC(=O)c1ccc(N2C(=O)CC(NC3CCN(Cc4ccccc4)CC3)C2=O)cc1)c1ccc(-c2ccccc2)cc1. The second-order valence-corrected chi connectivity index (χ2v) is 11.5. The van der Waals surface area contributed by atoms with Gasteiger partial charge in [-0.05, 0) is 66.9 Å². The maximum absolute atomic E-state index is 13.2. The first-order chi connectivity index (χ1) is 21.9. The summed E-state index contributed by atoms with van der Waals surface area (Å²) >= 11 is 0. The molecule has 2 fully saturated rings. The molecule has 2 aliphatic rings. The van der Waals surface area contributed by atoms with Crippen LogP contribution in [-0.2, 0) is 20.9 Å². The number of amides is 2. The second-order valence-electron chi connectivity index (χ2n) is 11.5. The molecule has 8 heteroatoms. The number of hydrogen-bond donors (Lipinski definition) is 1. The Morgan fingerprint density at radius 3 is 2.00 bits per heavy atom. The number of ether oxygens (including phenoxy) is 1. The summed E-state index contributed by atoms with van der Waals surface area (Å²) in [5, 5.41) is 3.42. The van der Waals surface area contributed by atoms with Crippen LogP contribution in [0.25, 0.3) is 11.1 Å². The maximum atomic E-state index is 13.2. The molecule has 1 unspecified atom stereocenters. The molecule has 8 nitrogen and oxygen atoms in total. The molecule has 2 aliphatic heterocycles. The summed E-state index contributed by atoms with van der Waals surface area (Å²) in [5.41, 5.74) is 4.39. The number of rotatable bonds is 10. The van der Waals surface area contributed by atoms with E-state index in [2.05, 4.69) is 22.3 Å². The van der Waals surface area contributed by atoms with Crippen LogP contribution >= 0.6 is 0 Å². The normalized spacial score (nSPS) is 17.4. The first kappa shape index (κ1) is 30.1. The van der Waals surface area contributed by atoms with Gasteiger partial charge in [0.1, 0.15) is 0 Å². The quantitative estimate of drug-likeness (QED) is 0.150. The van der Waals surface area contributed by atoms with Crippen LogP contribution in [0.5, 0.6) is 0 Å². The average Bonchev–Trinajstić information content (AvgIpc) is 3.37. The minimum atomic E-state index is -0.659. The highest BCUT2D eigenvalue weighted by Gasteiger charge is 2.40. The van der Waals surface area contributed by atoms with E-state index in [4.69, 9.17) is 4.74 Å². The van der Waals surface area contributed by atoms with Gasteiger partial charge >= 0.3 is 5.97 Å². The van der Waals surface area contributed by atoms with Gasteiger partial charge in [-0.2, -0.15) is 0 Å².